The van der Waals surface area contributed by atoms with Crippen molar-refractivity contribution >= 4 is 11.1 Å². The van der Waals surface area contributed by atoms with Gasteiger partial charge in [0.25, 0.3) is 11.8 Å². The maximum absolute atomic E-state index is 15.6. The normalized spacial score (nSPS) is 24.4. The second-order valence-electron chi connectivity index (χ2n) is 9.35. The van der Waals surface area contributed by atoms with Gasteiger partial charge in [0.1, 0.15) is 22.4 Å². The summed E-state index contributed by atoms with van der Waals surface area (Å²) in [6.45, 7) is 5.41. The first-order valence-corrected chi connectivity index (χ1v) is 11.1. The highest BCUT2D eigenvalue weighted by Crippen LogP contribution is 2.71. The Kier molecular flexibility index (Phi) is 3.98. The fourth-order valence-electron chi connectivity index (χ4n) is 6.33. The third-order valence-electron chi connectivity index (χ3n) is 7.99. The monoisotopic (exact) mass is 489 g/mol. The van der Waals surface area contributed by atoms with Gasteiger partial charge in [-0.25, -0.2) is 18.1 Å². The maximum Gasteiger partial charge on any atom is 0.422 e. The topological polar surface area (TPSA) is 42.4 Å². The molecule has 1 fully saturated rings. The zero-order valence-electron chi connectivity index (χ0n) is 19.2. The van der Waals surface area contributed by atoms with Crippen LogP contribution in [0.3, 0.4) is 0 Å². The summed E-state index contributed by atoms with van der Waals surface area (Å²) in [5, 5.41) is 0. The number of hydrogen-bond donors (Lipinski definition) is 0. The molecule has 1 aliphatic heterocycles. The lowest BCUT2D eigenvalue weighted by molar-refractivity contribution is -0.725. The number of hydrogen-bond acceptors (Lipinski definition) is 2. The summed E-state index contributed by atoms with van der Waals surface area (Å²) < 4.78 is 82.1. The van der Waals surface area contributed by atoms with Gasteiger partial charge in [0.15, 0.2) is 17.7 Å². The number of alkyl halides is 3. The smallest absolute Gasteiger partial charge is 0.382 e. The lowest BCUT2D eigenvalue weighted by atomic mass is 9.79. The Morgan fingerprint density at radius 1 is 1.20 bits per heavy atom. The average Bonchev–Trinajstić information content (AvgIpc) is 3.02. The molecule has 0 N–H and O–H groups in total. The highest BCUT2D eigenvalue weighted by molar-refractivity contribution is 5.90. The molecule has 2 aliphatic rings. The van der Waals surface area contributed by atoms with E-state index in [4.69, 9.17) is 4.42 Å². The first-order valence-electron chi connectivity index (χ1n) is 11.1. The number of halogens is 5. The second-order valence-corrected chi connectivity index (χ2v) is 9.35. The molecule has 0 spiro atoms. The predicted molar refractivity (Wildman–Crippen MR) is 113 cm³/mol. The molecule has 1 saturated carbocycles. The van der Waals surface area contributed by atoms with E-state index >= 15 is 4.39 Å². The lowest BCUT2D eigenvalue weighted by Gasteiger charge is -2.27. The van der Waals surface area contributed by atoms with Gasteiger partial charge in [-0.3, -0.25) is 0 Å². The van der Waals surface area contributed by atoms with Gasteiger partial charge >= 0.3 is 17.3 Å². The summed E-state index contributed by atoms with van der Waals surface area (Å²) in [4.78, 5) is 12.8. The summed E-state index contributed by atoms with van der Waals surface area (Å²) in [7, 11) is 1.77. The average molecular weight is 489 g/mol. The third kappa shape index (κ3) is 2.30. The van der Waals surface area contributed by atoms with E-state index in [1.807, 2.05) is 6.92 Å². The Morgan fingerprint density at radius 3 is 2.57 bits per heavy atom. The molecule has 3 aromatic heterocycles. The highest BCUT2D eigenvalue weighted by atomic mass is 19.4. The van der Waals surface area contributed by atoms with Crippen molar-refractivity contribution in [3.05, 3.63) is 81.2 Å². The summed E-state index contributed by atoms with van der Waals surface area (Å²) >= 11 is 0. The van der Waals surface area contributed by atoms with Crippen LogP contribution < -0.4 is 20.3 Å². The van der Waals surface area contributed by atoms with Gasteiger partial charge in [-0.1, -0.05) is 6.92 Å². The fraction of sp³-hybridized carbons (Fsp3) is 0.320. The van der Waals surface area contributed by atoms with Crippen molar-refractivity contribution in [3.8, 4) is 11.3 Å². The van der Waals surface area contributed by atoms with Crippen LogP contribution in [0, 0.1) is 18.6 Å². The molecular formula is C25H20F5N3O2+2. The van der Waals surface area contributed by atoms with Crippen molar-refractivity contribution in [2.45, 2.75) is 44.3 Å². The van der Waals surface area contributed by atoms with Gasteiger partial charge in [0, 0.05) is 26.0 Å². The van der Waals surface area contributed by atoms with Gasteiger partial charge in [-0.05, 0) is 24.1 Å². The first-order chi connectivity index (χ1) is 16.4. The lowest BCUT2D eigenvalue weighted by Crippen LogP contribution is -2.53. The molecule has 35 heavy (non-hydrogen) atoms. The van der Waals surface area contributed by atoms with Crippen LogP contribution >= 0.6 is 0 Å². The number of nitrogens with zero attached hydrogens (tertiary/aromatic N) is 3. The van der Waals surface area contributed by atoms with Crippen LogP contribution in [0.15, 0.2) is 46.0 Å². The number of pyridine rings is 1. The van der Waals surface area contributed by atoms with E-state index in [0.717, 1.165) is 6.07 Å². The number of benzene rings is 1. The van der Waals surface area contributed by atoms with Gasteiger partial charge in [-0.15, -0.1) is 0 Å². The molecule has 4 aromatic rings. The van der Waals surface area contributed by atoms with Crippen molar-refractivity contribution in [1.29, 1.82) is 0 Å². The van der Waals surface area contributed by atoms with E-state index in [1.165, 1.54) is 6.07 Å². The maximum atomic E-state index is 15.6. The van der Waals surface area contributed by atoms with Gasteiger partial charge < -0.3 is 4.42 Å². The predicted octanol–water partition coefficient (Wildman–Crippen LogP) is 3.24. The Hall–Kier alpha value is -3.56. The molecule has 2 atom stereocenters. The van der Waals surface area contributed by atoms with Crippen LogP contribution in [-0.4, -0.2) is 4.40 Å². The molecule has 1 aromatic carbocycles. The van der Waals surface area contributed by atoms with E-state index in [9.17, 15) is 22.4 Å². The Balaban J connectivity index is 1.84. The Bertz CT molecular complexity index is 1720. The largest absolute Gasteiger partial charge is 0.422 e. The SMILES string of the molecule is CCC12C(=c3oc(=O)c4c(C)[n+](C)cn34)C1(C)[n+]1ccccc1-c1c2cc(F)c(C(F)(F)F)c1F. The molecule has 0 saturated heterocycles. The number of imidazole rings is 1. The van der Waals surface area contributed by atoms with E-state index in [1.54, 1.807) is 59.1 Å². The quantitative estimate of drug-likeness (QED) is 0.305. The molecule has 4 heterocycles. The Morgan fingerprint density at radius 2 is 1.91 bits per heavy atom. The molecule has 0 amide bonds. The van der Waals surface area contributed by atoms with Crippen molar-refractivity contribution in [2.24, 2.45) is 7.05 Å². The summed E-state index contributed by atoms with van der Waals surface area (Å²) in [6.07, 6.45) is -1.56. The zero-order chi connectivity index (χ0) is 25.2. The highest BCUT2D eigenvalue weighted by Gasteiger charge is 2.83. The molecule has 0 bridgehead atoms. The molecule has 10 heteroatoms. The number of fused-ring (bicyclic) bond motifs is 7. The van der Waals surface area contributed by atoms with Crippen molar-refractivity contribution in [2.75, 3.05) is 0 Å². The summed E-state index contributed by atoms with van der Waals surface area (Å²) in [5.41, 5.74) is -2.72. The second kappa shape index (κ2) is 6.35. The van der Waals surface area contributed by atoms with Crippen molar-refractivity contribution in [3.63, 3.8) is 0 Å². The van der Waals surface area contributed by atoms with Gasteiger partial charge in [-0.2, -0.15) is 22.1 Å². The van der Waals surface area contributed by atoms with Crippen LogP contribution in [0.25, 0.3) is 22.3 Å². The molecule has 180 valence electrons. The van der Waals surface area contributed by atoms with Crippen LogP contribution in [0.2, 0.25) is 0 Å². The van der Waals surface area contributed by atoms with Crippen molar-refractivity contribution in [1.82, 2.24) is 4.40 Å². The van der Waals surface area contributed by atoms with Crippen LogP contribution in [0.4, 0.5) is 22.0 Å². The molecule has 6 rings (SSSR count). The number of rotatable bonds is 1. The summed E-state index contributed by atoms with van der Waals surface area (Å²) in [5.74, 6) is -3.32. The fourth-order valence-corrected chi connectivity index (χ4v) is 6.33. The van der Waals surface area contributed by atoms with E-state index in [-0.39, 0.29) is 22.4 Å². The van der Waals surface area contributed by atoms with E-state index < -0.39 is 40.0 Å². The number of oxazole rings is 1. The Labute approximate surface area is 195 Å². The third-order valence-corrected chi connectivity index (χ3v) is 7.99. The minimum Gasteiger partial charge on any atom is -0.382 e. The van der Waals surface area contributed by atoms with Gasteiger partial charge in [0.2, 0.25) is 11.2 Å². The molecular weight excluding hydrogens is 469 g/mol. The number of aromatic nitrogens is 3. The minimum absolute atomic E-state index is 0.108. The van der Waals surface area contributed by atoms with Crippen molar-refractivity contribution < 1.29 is 35.5 Å². The minimum atomic E-state index is -5.21. The summed E-state index contributed by atoms with van der Waals surface area (Å²) in [6, 6.07) is 5.59. The van der Waals surface area contributed by atoms with E-state index in [2.05, 4.69) is 0 Å². The first kappa shape index (κ1) is 21.9. The number of aryl methyl sites for hydroxylation is 2. The zero-order valence-corrected chi connectivity index (χ0v) is 19.2. The molecule has 0 radical (unpaired) electrons. The van der Waals surface area contributed by atoms with Crippen LogP contribution in [0.1, 0.15) is 37.1 Å². The molecule has 1 aliphatic carbocycles. The van der Waals surface area contributed by atoms with E-state index in [0.29, 0.717) is 23.2 Å². The van der Waals surface area contributed by atoms with Crippen LogP contribution in [0.5, 0.6) is 0 Å². The standard InChI is InChI=1S/C25H20F5N3O2/c1-5-24-13-10-14(26)17(25(28,29)30)18(27)16(13)15-8-6-7-9-33(15)23(24,3)20(24)21-32-11-31(4)12(2)19(32)22(34)35-21/h6-11H,5H2,1-4H3/q+2. The molecule has 5 nitrogen and oxygen atoms in total. The van der Waals surface area contributed by atoms with Crippen LogP contribution in [-0.2, 0) is 24.2 Å². The van der Waals surface area contributed by atoms with Gasteiger partial charge in [0.05, 0.1) is 12.6 Å². The molecule has 2 unspecified atom stereocenters.